The second-order valence-corrected chi connectivity index (χ2v) is 6.05. The van der Waals surface area contributed by atoms with Gasteiger partial charge in [0, 0.05) is 6.54 Å². The molecule has 2 rings (SSSR count). The standard InChI is InChI=1S/C16H18N2O5S/c1-9-15(16(20)21)24-14(18-9)7-13(19)17-8-10-4-5-11(22-2)12(6-10)23-3/h4-6H,7-8H2,1-3H3,(H,17,19)(H,20,21). The van der Waals surface area contributed by atoms with Gasteiger partial charge in [-0.1, -0.05) is 6.07 Å². The first-order valence-electron chi connectivity index (χ1n) is 7.11. The van der Waals surface area contributed by atoms with Gasteiger partial charge in [0.2, 0.25) is 5.91 Å². The Hall–Kier alpha value is -2.61. The number of carboxylic acid groups (broad SMARTS) is 1. The maximum Gasteiger partial charge on any atom is 0.347 e. The van der Waals surface area contributed by atoms with E-state index in [-0.39, 0.29) is 17.2 Å². The third-order valence-corrected chi connectivity index (χ3v) is 4.43. The maximum absolute atomic E-state index is 12.0. The molecule has 1 heterocycles. The molecule has 1 aromatic carbocycles. The largest absolute Gasteiger partial charge is 0.493 e. The third-order valence-electron chi connectivity index (χ3n) is 3.28. The molecular weight excluding hydrogens is 332 g/mol. The number of carboxylic acids is 1. The fourth-order valence-corrected chi connectivity index (χ4v) is 3.02. The van der Waals surface area contributed by atoms with Gasteiger partial charge in [-0.15, -0.1) is 11.3 Å². The molecular formula is C16H18N2O5S. The predicted octanol–water partition coefficient (Wildman–Crippen LogP) is 2.03. The SMILES string of the molecule is COc1ccc(CNC(=O)Cc2nc(C)c(C(=O)O)s2)cc1OC. The van der Waals surface area contributed by atoms with E-state index in [2.05, 4.69) is 10.3 Å². The van der Waals surface area contributed by atoms with Gasteiger partial charge in [0.25, 0.3) is 0 Å². The van der Waals surface area contributed by atoms with Crippen molar-refractivity contribution in [3.63, 3.8) is 0 Å². The van der Waals surface area contributed by atoms with E-state index in [9.17, 15) is 9.59 Å². The highest BCUT2D eigenvalue weighted by Crippen LogP contribution is 2.27. The molecule has 0 aliphatic carbocycles. The molecule has 2 N–H and O–H groups in total. The van der Waals surface area contributed by atoms with Gasteiger partial charge < -0.3 is 19.9 Å². The minimum Gasteiger partial charge on any atom is -0.493 e. The van der Waals surface area contributed by atoms with Gasteiger partial charge in [0.1, 0.15) is 9.88 Å². The number of rotatable bonds is 7. The number of hydrogen-bond acceptors (Lipinski definition) is 6. The number of aromatic nitrogens is 1. The topological polar surface area (TPSA) is 97.8 Å². The van der Waals surface area contributed by atoms with Gasteiger partial charge in [-0.2, -0.15) is 0 Å². The summed E-state index contributed by atoms with van der Waals surface area (Å²) in [7, 11) is 3.10. The third kappa shape index (κ3) is 4.23. The lowest BCUT2D eigenvalue weighted by atomic mass is 10.2. The summed E-state index contributed by atoms with van der Waals surface area (Å²) >= 11 is 1.02. The zero-order valence-corrected chi connectivity index (χ0v) is 14.4. The van der Waals surface area contributed by atoms with Crippen LogP contribution in [0.1, 0.15) is 25.9 Å². The van der Waals surface area contributed by atoms with Crippen LogP contribution in [0.3, 0.4) is 0 Å². The van der Waals surface area contributed by atoms with E-state index in [1.165, 1.54) is 0 Å². The number of ether oxygens (including phenoxy) is 2. The van der Waals surface area contributed by atoms with E-state index >= 15 is 0 Å². The monoisotopic (exact) mass is 350 g/mol. The van der Waals surface area contributed by atoms with Crippen LogP contribution < -0.4 is 14.8 Å². The number of nitrogens with zero attached hydrogens (tertiary/aromatic N) is 1. The lowest BCUT2D eigenvalue weighted by Gasteiger charge is -2.10. The molecule has 0 radical (unpaired) electrons. The van der Waals surface area contributed by atoms with Crippen LogP contribution in [0.5, 0.6) is 11.5 Å². The smallest absolute Gasteiger partial charge is 0.347 e. The Morgan fingerprint density at radius 2 is 1.96 bits per heavy atom. The van der Waals surface area contributed by atoms with Crippen LogP contribution in [0.4, 0.5) is 0 Å². The van der Waals surface area contributed by atoms with Crippen LogP contribution in [-0.2, 0) is 17.8 Å². The van der Waals surface area contributed by atoms with Gasteiger partial charge >= 0.3 is 5.97 Å². The molecule has 1 aromatic heterocycles. The molecule has 24 heavy (non-hydrogen) atoms. The molecule has 128 valence electrons. The lowest BCUT2D eigenvalue weighted by molar-refractivity contribution is -0.120. The number of aromatic carboxylic acids is 1. The summed E-state index contributed by atoms with van der Waals surface area (Å²) in [5, 5.41) is 12.3. The first kappa shape index (κ1) is 17.7. The van der Waals surface area contributed by atoms with Gasteiger partial charge in [-0.25, -0.2) is 9.78 Å². The van der Waals surface area contributed by atoms with Crippen molar-refractivity contribution in [3.05, 3.63) is 39.3 Å². The van der Waals surface area contributed by atoms with Crippen molar-refractivity contribution in [2.75, 3.05) is 14.2 Å². The summed E-state index contributed by atoms with van der Waals surface area (Å²) in [5.74, 6) is -0.0459. The number of benzene rings is 1. The lowest BCUT2D eigenvalue weighted by Crippen LogP contribution is -2.24. The van der Waals surface area contributed by atoms with Crippen molar-refractivity contribution >= 4 is 23.2 Å². The fourth-order valence-electron chi connectivity index (χ4n) is 2.12. The molecule has 7 nitrogen and oxygen atoms in total. The number of carbonyl (C=O) groups is 2. The highest BCUT2D eigenvalue weighted by molar-refractivity contribution is 7.13. The van der Waals surface area contributed by atoms with Crippen molar-refractivity contribution < 1.29 is 24.2 Å². The number of amides is 1. The molecule has 0 aliphatic rings. The Labute approximate surface area is 143 Å². The zero-order chi connectivity index (χ0) is 17.7. The summed E-state index contributed by atoms with van der Waals surface area (Å²) in [6, 6.07) is 5.39. The summed E-state index contributed by atoms with van der Waals surface area (Å²) in [6.45, 7) is 1.94. The van der Waals surface area contributed by atoms with E-state index in [1.54, 1.807) is 33.3 Å². The summed E-state index contributed by atoms with van der Waals surface area (Å²) < 4.78 is 10.4. The maximum atomic E-state index is 12.0. The molecule has 0 spiro atoms. The summed E-state index contributed by atoms with van der Waals surface area (Å²) in [4.78, 5) is 27.3. The molecule has 0 fully saturated rings. The van der Waals surface area contributed by atoms with Crippen molar-refractivity contribution in [1.82, 2.24) is 10.3 Å². The van der Waals surface area contributed by atoms with E-state index in [1.807, 2.05) is 6.07 Å². The number of methoxy groups -OCH3 is 2. The Bertz CT molecular complexity index is 757. The molecule has 0 atom stereocenters. The van der Waals surface area contributed by atoms with Gasteiger partial charge in [-0.3, -0.25) is 4.79 Å². The van der Waals surface area contributed by atoms with Crippen LogP contribution in [0.25, 0.3) is 0 Å². The predicted molar refractivity (Wildman–Crippen MR) is 88.9 cm³/mol. The van der Waals surface area contributed by atoms with E-state index in [0.717, 1.165) is 16.9 Å². The quantitative estimate of drug-likeness (QED) is 0.793. The molecule has 0 unspecified atom stereocenters. The second-order valence-electron chi connectivity index (χ2n) is 4.97. The number of nitrogens with one attached hydrogen (secondary N) is 1. The molecule has 1 amide bonds. The first-order valence-corrected chi connectivity index (χ1v) is 7.93. The summed E-state index contributed by atoms with van der Waals surface area (Å²) in [5.41, 5.74) is 1.29. The van der Waals surface area contributed by atoms with Crippen molar-refractivity contribution in [3.8, 4) is 11.5 Å². The minimum atomic E-state index is -1.03. The highest BCUT2D eigenvalue weighted by Gasteiger charge is 2.16. The molecule has 0 aliphatic heterocycles. The average Bonchev–Trinajstić information content (AvgIpc) is 2.93. The fraction of sp³-hybridized carbons (Fsp3) is 0.312. The molecule has 2 aromatic rings. The van der Waals surface area contributed by atoms with Gasteiger partial charge in [0.05, 0.1) is 26.3 Å². The average molecular weight is 350 g/mol. The van der Waals surface area contributed by atoms with Crippen molar-refractivity contribution in [2.24, 2.45) is 0 Å². The minimum absolute atomic E-state index is 0.0477. The molecule has 0 bridgehead atoms. The Morgan fingerprint density at radius 3 is 2.54 bits per heavy atom. The van der Waals surface area contributed by atoms with E-state index < -0.39 is 5.97 Å². The normalized spacial score (nSPS) is 10.3. The van der Waals surface area contributed by atoms with Crippen LogP contribution in [0.15, 0.2) is 18.2 Å². The van der Waals surface area contributed by atoms with Crippen LogP contribution in [-0.4, -0.2) is 36.2 Å². The Kier molecular flexibility index (Phi) is 5.75. The Balaban J connectivity index is 1.96. The van der Waals surface area contributed by atoms with E-state index in [0.29, 0.717) is 28.7 Å². The number of hydrogen-bond donors (Lipinski definition) is 2. The first-order chi connectivity index (χ1) is 11.4. The summed E-state index contributed by atoms with van der Waals surface area (Å²) in [6.07, 6.45) is 0.0477. The van der Waals surface area contributed by atoms with Crippen molar-refractivity contribution in [2.45, 2.75) is 19.9 Å². The van der Waals surface area contributed by atoms with Gasteiger partial charge in [0.15, 0.2) is 11.5 Å². The molecule has 0 saturated heterocycles. The van der Waals surface area contributed by atoms with Crippen LogP contribution in [0.2, 0.25) is 0 Å². The van der Waals surface area contributed by atoms with Gasteiger partial charge in [-0.05, 0) is 24.6 Å². The van der Waals surface area contributed by atoms with Crippen LogP contribution in [0, 0.1) is 6.92 Å². The number of aryl methyl sites for hydroxylation is 1. The highest BCUT2D eigenvalue weighted by atomic mass is 32.1. The van der Waals surface area contributed by atoms with Crippen LogP contribution >= 0.6 is 11.3 Å². The Morgan fingerprint density at radius 1 is 1.25 bits per heavy atom. The number of carbonyl (C=O) groups excluding carboxylic acids is 1. The van der Waals surface area contributed by atoms with Crippen molar-refractivity contribution in [1.29, 1.82) is 0 Å². The molecule has 0 saturated carbocycles. The second kappa shape index (κ2) is 7.78. The number of thiazole rings is 1. The van der Waals surface area contributed by atoms with E-state index in [4.69, 9.17) is 14.6 Å². The zero-order valence-electron chi connectivity index (χ0n) is 13.6. The molecule has 8 heteroatoms.